The first-order valence-corrected chi connectivity index (χ1v) is 15.1. The molecule has 4 nitrogen and oxygen atoms in total. The van der Waals surface area contributed by atoms with Gasteiger partial charge in [0, 0.05) is 5.92 Å². The van der Waals surface area contributed by atoms with Gasteiger partial charge in [-0.1, -0.05) is 55.2 Å². The first-order valence-electron chi connectivity index (χ1n) is 15.1. The summed E-state index contributed by atoms with van der Waals surface area (Å²) in [6, 6.07) is 7.96. The largest absolute Gasteiger partial charge is 0.460 e. The second-order valence-corrected chi connectivity index (χ2v) is 13.3. The van der Waals surface area contributed by atoms with Gasteiger partial charge in [0.05, 0.1) is 5.41 Å². The van der Waals surface area contributed by atoms with E-state index in [1.807, 2.05) is 51.1 Å². The van der Waals surface area contributed by atoms with Gasteiger partial charge in [-0.2, -0.15) is 0 Å². The molecule has 2 atom stereocenters. The second-order valence-electron chi connectivity index (χ2n) is 13.3. The summed E-state index contributed by atoms with van der Waals surface area (Å²) in [6.45, 7) is 18.1. The Bertz CT molecular complexity index is 1590. The quantitative estimate of drug-likeness (QED) is 0.200. The Morgan fingerprint density at radius 3 is 2.71 bits per heavy atom. The summed E-state index contributed by atoms with van der Waals surface area (Å²) in [5.74, 6) is 0.872. The molecular formula is C38H43NO3. The minimum Gasteiger partial charge on any atom is -0.460 e. The summed E-state index contributed by atoms with van der Waals surface area (Å²) in [7, 11) is 0. The third kappa shape index (κ3) is 6.45. The SMILES string of the molecule is C=CC=C1C=C=C2CCC(C)(C(=O)OC(C)(C)C)CCC2=C(C2=CCC(c3nc4ccccc4o3)C2)C=C1CC(=C)C. The Morgan fingerprint density at radius 2 is 2.00 bits per heavy atom. The number of allylic oxidation sites excluding steroid dienone is 11. The second kappa shape index (κ2) is 11.8. The Balaban J connectivity index is 1.57. The molecule has 3 aliphatic carbocycles. The van der Waals surface area contributed by atoms with Crippen LogP contribution in [0.25, 0.3) is 11.1 Å². The lowest BCUT2D eigenvalue weighted by molar-refractivity contribution is -0.167. The minimum atomic E-state index is -0.560. The van der Waals surface area contributed by atoms with E-state index in [4.69, 9.17) is 14.1 Å². The molecule has 2 unspecified atom stereocenters. The number of carbonyl (C=O) groups excluding carboxylic acids is 1. The maximum Gasteiger partial charge on any atom is 0.312 e. The zero-order valence-corrected chi connectivity index (χ0v) is 25.8. The lowest BCUT2D eigenvalue weighted by Crippen LogP contribution is -2.35. The molecule has 1 fully saturated rings. The molecular weight excluding hydrogens is 518 g/mol. The fraction of sp³-hybridized carbons (Fsp3) is 0.395. The monoisotopic (exact) mass is 561 g/mol. The van der Waals surface area contributed by atoms with E-state index in [2.05, 4.69) is 57.0 Å². The molecule has 218 valence electrons. The molecule has 0 aliphatic heterocycles. The Hall–Kier alpha value is -3.88. The highest BCUT2D eigenvalue weighted by Crippen LogP contribution is 2.46. The number of nitrogens with zero attached hydrogens (tertiary/aromatic N) is 1. The van der Waals surface area contributed by atoms with Gasteiger partial charge >= 0.3 is 5.97 Å². The van der Waals surface area contributed by atoms with Crippen molar-refractivity contribution in [2.75, 3.05) is 0 Å². The highest BCUT2D eigenvalue weighted by atomic mass is 16.6. The highest BCUT2D eigenvalue weighted by molar-refractivity contribution is 5.77. The average Bonchev–Trinajstić information content (AvgIpc) is 3.53. The van der Waals surface area contributed by atoms with Crippen LogP contribution in [0.2, 0.25) is 0 Å². The molecule has 1 heterocycles. The minimum absolute atomic E-state index is 0.113. The fourth-order valence-corrected chi connectivity index (χ4v) is 6.13. The van der Waals surface area contributed by atoms with Crippen LogP contribution >= 0.6 is 0 Å². The normalized spacial score (nSPS) is 23.9. The number of aromatic nitrogens is 1. The molecule has 2 aromatic rings. The van der Waals surface area contributed by atoms with Crippen molar-refractivity contribution >= 4 is 17.1 Å². The number of esters is 1. The van der Waals surface area contributed by atoms with Crippen LogP contribution in [0, 0.1) is 5.41 Å². The lowest BCUT2D eigenvalue weighted by Gasteiger charge is -2.30. The summed E-state index contributed by atoms with van der Waals surface area (Å²) in [5, 5.41) is 0. The number of oxazole rings is 1. The smallest absolute Gasteiger partial charge is 0.312 e. The van der Waals surface area contributed by atoms with Gasteiger partial charge in [-0.05, 0) is 131 Å². The molecule has 1 aromatic carbocycles. The lowest BCUT2D eigenvalue weighted by atomic mass is 9.82. The van der Waals surface area contributed by atoms with Crippen LogP contribution in [0.1, 0.15) is 91.4 Å². The van der Waals surface area contributed by atoms with Crippen LogP contribution in [-0.4, -0.2) is 16.6 Å². The topological polar surface area (TPSA) is 52.3 Å². The van der Waals surface area contributed by atoms with Gasteiger partial charge in [0.2, 0.25) is 0 Å². The van der Waals surface area contributed by atoms with E-state index in [-0.39, 0.29) is 11.9 Å². The van der Waals surface area contributed by atoms with Gasteiger partial charge in [0.25, 0.3) is 0 Å². The highest BCUT2D eigenvalue weighted by Gasteiger charge is 2.40. The number of rotatable bonds is 6. The first-order chi connectivity index (χ1) is 20.0. The van der Waals surface area contributed by atoms with Crippen molar-refractivity contribution in [3.05, 3.63) is 118 Å². The summed E-state index contributed by atoms with van der Waals surface area (Å²) in [6.07, 6.45) is 16.2. The van der Waals surface area contributed by atoms with Crippen LogP contribution < -0.4 is 0 Å². The standard InChI is InChI=1S/C38H43NO3/c1-8-11-26-14-15-27-18-20-38(7,36(40)42-37(4,5)6)21-19-31(27)32(24-30(26)22-25(2)3)28-16-17-29(23-28)35-39-33-12-9-10-13-34(33)41-35/h8-14,16,24,29H,1-2,17-23H2,3-7H3. The van der Waals surface area contributed by atoms with E-state index < -0.39 is 11.0 Å². The van der Waals surface area contributed by atoms with Crippen molar-refractivity contribution in [1.82, 2.24) is 4.98 Å². The van der Waals surface area contributed by atoms with Crippen LogP contribution in [0.5, 0.6) is 0 Å². The summed E-state index contributed by atoms with van der Waals surface area (Å²) in [4.78, 5) is 18.2. The average molecular weight is 562 g/mol. The Labute approximate surface area is 250 Å². The van der Waals surface area contributed by atoms with Crippen molar-refractivity contribution in [3.8, 4) is 0 Å². The third-order valence-corrected chi connectivity index (χ3v) is 8.44. The molecule has 0 spiro atoms. The maximum atomic E-state index is 13.4. The fourth-order valence-electron chi connectivity index (χ4n) is 6.13. The number of hydrogen-bond donors (Lipinski definition) is 0. The molecule has 1 saturated carbocycles. The number of fused-ring (bicyclic) bond motifs is 2. The van der Waals surface area contributed by atoms with Gasteiger partial charge < -0.3 is 9.15 Å². The number of para-hydroxylation sites is 2. The van der Waals surface area contributed by atoms with Crippen molar-refractivity contribution in [1.29, 1.82) is 0 Å². The zero-order chi connectivity index (χ0) is 30.1. The van der Waals surface area contributed by atoms with Crippen LogP contribution in [0.3, 0.4) is 0 Å². The molecule has 0 bridgehead atoms. The Kier molecular flexibility index (Phi) is 8.30. The summed E-state index contributed by atoms with van der Waals surface area (Å²) in [5.41, 5.74) is 12.7. The number of benzene rings is 1. The van der Waals surface area contributed by atoms with E-state index in [0.717, 1.165) is 73.1 Å². The van der Waals surface area contributed by atoms with Crippen molar-refractivity contribution < 1.29 is 13.9 Å². The van der Waals surface area contributed by atoms with Crippen molar-refractivity contribution in [2.24, 2.45) is 5.41 Å². The molecule has 42 heavy (non-hydrogen) atoms. The number of carbonyl (C=O) groups is 1. The van der Waals surface area contributed by atoms with E-state index >= 15 is 0 Å². The van der Waals surface area contributed by atoms with Crippen LogP contribution in [-0.2, 0) is 9.53 Å². The molecule has 0 N–H and O–H groups in total. The van der Waals surface area contributed by atoms with Gasteiger partial charge in [-0.3, -0.25) is 4.79 Å². The van der Waals surface area contributed by atoms with Gasteiger partial charge in [0.15, 0.2) is 11.5 Å². The molecule has 5 rings (SSSR count). The number of hydrogen-bond acceptors (Lipinski definition) is 4. The summed E-state index contributed by atoms with van der Waals surface area (Å²) < 4.78 is 12.1. The maximum absolute atomic E-state index is 13.4. The van der Waals surface area contributed by atoms with Crippen LogP contribution in [0.4, 0.5) is 0 Å². The van der Waals surface area contributed by atoms with E-state index in [1.165, 1.54) is 27.9 Å². The van der Waals surface area contributed by atoms with Gasteiger partial charge in [-0.15, -0.1) is 5.73 Å². The third-order valence-electron chi connectivity index (χ3n) is 8.44. The molecule has 1 aromatic heterocycles. The molecule has 0 radical (unpaired) electrons. The Morgan fingerprint density at radius 1 is 1.24 bits per heavy atom. The van der Waals surface area contributed by atoms with Gasteiger partial charge in [0.1, 0.15) is 11.1 Å². The van der Waals surface area contributed by atoms with Gasteiger partial charge in [-0.25, -0.2) is 4.98 Å². The summed E-state index contributed by atoms with van der Waals surface area (Å²) >= 11 is 0. The first kappa shape index (κ1) is 29.6. The van der Waals surface area contributed by atoms with Crippen LogP contribution in [0.15, 0.2) is 117 Å². The molecule has 0 saturated heterocycles. The molecule has 4 heteroatoms. The van der Waals surface area contributed by atoms with E-state index in [9.17, 15) is 4.79 Å². The van der Waals surface area contributed by atoms with E-state index in [0.29, 0.717) is 0 Å². The van der Waals surface area contributed by atoms with E-state index in [1.54, 1.807) is 0 Å². The predicted octanol–water partition coefficient (Wildman–Crippen LogP) is 9.95. The van der Waals surface area contributed by atoms with Crippen molar-refractivity contribution in [3.63, 3.8) is 0 Å². The predicted molar refractivity (Wildman–Crippen MR) is 171 cm³/mol. The molecule has 3 aliphatic rings. The van der Waals surface area contributed by atoms with Crippen molar-refractivity contribution in [2.45, 2.75) is 91.1 Å². The zero-order valence-electron chi connectivity index (χ0n) is 25.8. The molecule has 0 amide bonds. The number of ether oxygens (including phenoxy) is 1.